The number of thiazole rings is 1. The predicted molar refractivity (Wildman–Crippen MR) is 96.1 cm³/mol. The molecule has 0 radical (unpaired) electrons. The zero-order valence-electron chi connectivity index (χ0n) is 13.6. The number of aromatic nitrogens is 1. The maximum atomic E-state index is 13.6. The van der Waals surface area contributed by atoms with Crippen molar-refractivity contribution in [3.63, 3.8) is 0 Å². The lowest BCUT2D eigenvalue weighted by Crippen LogP contribution is -2.42. The van der Waals surface area contributed by atoms with Crippen molar-refractivity contribution in [3.05, 3.63) is 70.6 Å². The quantitative estimate of drug-likeness (QED) is 0.613. The number of hydrazine groups is 1. The molecule has 0 bridgehead atoms. The SMILES string of the molecule is O=C(Cc1nc(-c2ccccc2)cs1)NNS(=O)(=O)c1cc(F)ccc1F. The number of nitrogens with one attached hydrogen (secondary N) is 2. The maximum Gasteiger partial charge on any atom is 0.260 e. The van der Waals surface area contributed by atoms with Gasteiger partial charge in [-0.3, -0.25) is 10.2 Å². The average Bonchev–Trinajstić information content (AvgIpc) is 3.11. The molecule has 140 valence electrons. The van der Waals surface area contributed by atoms with Crippen LogP contribution in [-0.4, -0.2) is 19.3 Å². The van der Waals surface area contributed by atoms with Crippen molar-refractivity contribution < 1.29 is 22.0 Å². The van der Waals surface area contributed by atoms with Gasteiger partial charge < -0.3 is 0 Å². The van der Waals surface area contributed by atoms with E-state index < -0.39 is 32.5 Å². The minimum Gasteiger partial charge on any atom is -0.277 e. The molecular weight excluding hydrogens is 396 g/mol. The van der Waals surface area contributed by atoms with Gasteiger partial charge in [0, 0.05) is 10.9 Å². The van der Waals surface area contributed by atoms with Crippen molar-refractivity contribution in [3.8, 4) is 11.3 Å². The summed E-state index contributed by atoms with van der Waals surface area (Å²) in [5, 5.41) is 2.26. The van der Waals surface area contributed by atoms with Crippen molar-refractivity contribution >= 4 is 27.3 Å². The third-order valence-electron chi connectivity index (χ3n) is 3.44. The number of nitrogens with zero attached hydrogens (tertiary/aromatic N) is 1. The van der Waals surface area contributed by atoms with Gasteiger partial charge in [0.15, 0.2) is 0 Å². The normalized spacial score (nSPS) is 11.3. The smallest absolute Gasteiger partial charge is 0.260 e. The summed E-state index contributed by atoms with van der Waals surface area (Å²) < 4.78 is 50.8. The standard InChI is InChI=1S/C17H13F2N3O3S2/c18-12-6-7-13(19)15(8-12)27(24,25)22-21-16(23)9-17-20-14(10-26-17)11-4-2-1-3-5-11/h1-8,10,22H,9H2,(H,21,23). The van der Waals surface area contributed by atoms with Gasteiger partial charge in [-0.25, -0.2) is 22.2 Å². The second-order valence-electron chi connectivity index (χ2n) is 5.40. The highest BCUT2D eigenvalue weighted by Gasteiger charge is 2.21. The summed E-state index contributed by atoms with van der Waals surface area (Å²) in [6.07, 6.45) is -0.175. The lowest BCUT2D eigenvalue weighted by molar-refractivity contribution is -0.120. The van der Waals surface area contributed by atoms with E-state index in [-0.39, 0.29) is 6.42 Å². The fraction of sp³-hybridized carbons (Fsp3) is 0.0588. The first-order valence-corrected chi connectivity index (χ1v) is 9.97. The molecule has 3 rings (SSSR count). The molecule has 2 N–H and O–H groups in total. The lowest BCUT2D eigenvalue weighted by Gasteiger charge is -2.08. The topological polar surface area (TPSA) is 88.2 Å². The minimum absolute atomic E-state index is 0.175. The molecule has 0 spiro atoms. The molecule has 0 saturated carbocycles. The monoisotopic (exact) mass is 409 g/mol. The molecule has 2 aromatic carbocycles. The van der Waals surface area contributed by atoms with E-state index in [0.29, 0.717) is 22.8 Å². The molecule has 6 nitrogen and oxygen atoms in total. The fourth-order valence-electron chi connectivity index (χ4n) is 2.18. The Bertz CT molecular complexity index is 1070. The van der Waals surface area contributed by atoms with Crippen LogP contribution in [0.1, 0.15) is 5.01 Å². The van der Waals surface area contributed by atoms with Gasteiger partial charge in [-0.2, -0.15) is 0 Å². The molecule has 1 amide bonds. The van der Waals surface area contributed by atoms with E-state index in [0.717, 1.165) is 11.6 Å². The van der Waals surface area contributed by atoms with Crippen LogP contribution in [0.4, 0.5) is 8.78 Å². The first-order valence-electron chi connectivity index (χ1n) is 7.61. The Morgan fingerprint density at radius 2 is 1.85 bits per heavy atom. The lowest BCUT2D eigenvalue weighted by atomic mass is 10.2. The van der Waals surface area contributed by atoms with Crippen LogP contribution < -0.4 is 10.3 Å². The van der Waals surface area contributed by atoms with E-state index in [1.807, 2.05) is 35.8 Å². The zero-order chi connectivity index (χ0) is 19.4. The summed E-state index contributed by atoms with van der Waals surface area (Å²) in [5.74, 6) is -2.74. The molecule has 1 aromatic heterocycles. The van der Waals surface area contributed by atoms with Crippen LogP contribution in [0.5, 0.6) is 0 Å². The van der Waals surface area contributed by atoms with E-state index in [1.54, 1.807) is 10.2 Å². The van der Waals surface area contributed by atoms with E-state index in [1.165, 1.54) is 11.3 Å². The number of hydrogen-bond acceptors (Lipinski definition) is 5. The first-order chi connectivity index (χ1) is 12.8. The number of rotatable bonds is 6. The summed E-state index contributed by atoms with van der Waals surface area (Å²) in [6, 6.07) is 11.4. The van der Waals surface area contributed by atoms with Crippen LogP contribution >= 0.6 is 11.3 Å². The molecule has 1 heterocycles. The Hall–Kier alpha value is -2.69. The van der Waals surface area contributed by atoms with Crippen LogP contribution in [0.25, 0.3) is 11.3 Å². The highest BCUT2D eigenvalue weighted by molar-refractivity contribution is 7.89. The molecule has 0 aliphatic carbocycles. The first kappa shape index (κ1) is 19.1. The molecule has 0 fully saturated rings. The number of sulfonamides is 1. The highest BCUT2D eigenvalue weighted by atomic mass is 32.2. The second kappa shape index (κ2) is 7.91. The number of carbonyl (C=O) groups excluding carboxylic acids is 1. The van der Waals surface area contributed by atoms with E-state index in [2.05, 4.69) is 4.98 Å². The van der Waals surface area contributed by atoms with Gasteiger partial charge in [0.25, 0.3) is 10.0 Å². The molecule has 0 aliphatic rings. The molecule has 3 aromatic rings. The Kier molecular flexibility index (Phi) is 5.59. The Labute approximate surface area is 157 Å². The fourth-order valence-corrected chi connectivity index (χ4v) is 3.93. The highest BCUT2D eigenvalue weighted by Crippen LogP contribution is 2.21. The van der Waals surface area contributed by atoms with Crippen molar-refractivity contribution in [2.24, 2.45) is 0 Å². The number of hydrogen-bond donors (Lipinski definition) is 2. The third-order valence-corrected chi connectivity index (χ3v) is 5.55. The average molecular weight is 409 g/mol. The number of halogens is 2. The Morgan fingerprint density at radius 1 is 1.11 bits per heavy atom. The van der Waals surface area contributed by atoms with Crippen LogP contribution in [-0.2, 0) is 21.2 Å². The van der Waals surface area contributed by atoms with E-state index in [9.17, 15) is 22.0 Å². The number of benzene rings is 2. The number of amides is 1. The molecule has 0 aliphatic heterocycles. The van der Waals surface area contributed by atoms with Crippen molar-refractivity contribution in [2.75, 3.05) is 0 Å². The predicted octanol–water partition coefficient (Wildman–Crippen LogP) is 2.64. The van der Waals surface area contributed by atoms with Gasteiger partial charge in [0.05, 0.1) is 12.1 Å². The summed E-state index contributed by atoms with van der Waals surface area (Å²) in [7, 11) is -4.45. The van der Waals surface area contributed by atoms with Gasteiger partial charge in [0.1, 0.15) is 21.5 Å². The van der Waals surface area contributed by atoms with Gasteiger partial charge in [-0.1, -0.05) is 30.3 Å². The number of carbonyl (C=O) groups is 1. The molecule has 10 heteroatoms. The second-order valence-corrected chi connectivity index (χ2v) is 7.99. The van der Waals surface area contributed by atoms with Gasteiger partial charge in [-0.15, -0.1) is 16.2 Å². The Morgan fingerprint density at radius 3 is 2.59 bits per heavy atom. The molecule has 27 heavy (non-hydrogen) atoms. The third kappa shape index (κ3) is 4.73. The zero-order valence-corrected chi connectivity index (χ0v) is 15.3. The minimum atomic E-state index is -4.45. The van der Waals surface area contributed by atoms with Gasteiger partial charge in [-0.05, 0) is 18.2 Å². The van der Waals surface area contributed by atoms with E-state index >= 15 is 0 Å². The largest absolute Gasteiger partial charge is 0.277 e. The summed E-state index contributed by atoms with van der Waals surface area (Å²) in [4.78, 5) is 17.1. The van der Waals surface area contributed by atoms with Crippen molar-refractivity contribution in [1.29, 1.82) is 0 Å². The van der Waals surface area contributed by atoms with E-state index in [4.69, 9.17) is 0 Å². The van der Waals surface area contributed by atoms with Crippen LogP contribution in [0, 0.1) is 11.6 Å². The van der Waals surface area contributed by atoms with Crippen LogP contribution in [0.2, 0.25) is 0 Å². The van der Waals surface area contributed by atoms with Crippen LogP contribution in [0.15, 0.2) is 58.8 Å². The van der Waals surface area contributed by atoms with Crippen molar-refractivity contribution in [2.45, 2.75) is 11.3 Å². The molecule has 0 saturated heterocycles. The Balaban J connectivity index is 1.63. The molecular formula is C17H13F2N3O3S2. The van der Waals surface area contributed by atoms with Gasteiger partial charge in [0.2, 0.25) is 5.91 Å². The molecule has 0 atom stereocenters. The summed E-state index contributed by atoms with van der Waals surface area (Å²) >= 11 is 1.25. The summed E-state index contributed by atoms with van der Waals surface area (Å²) in [5.41, 5.74) is 3.56. The summed E-state index contributed by atoms with van der Waals surface area (Å²) in [6.45, 7) is 0. The maximum absolute atomic E-state index is 13.6. The van der Waals surface area contributed by atoms with Gasteiger partial charge >= 0.3 is 0 Å². The van der Waals surface area contributed by atoms with Crippen LogP contribution in [0.3, 0.4) is 0 Å². The van der Waals surface area contributed by atoms with Crippen molar-refractivity contribution in [1.82, 2.24) is 15.2 Å². The molecule has 0 unspecified atom stereocenters.